The molecular weight excluding hydrogens is 430 g/mol. The molecule has 0 saturated carbocycles. The van der Waals surface area contributed by atoms with Crippen molar-refractivity contribution >= 4 is 12.0 Å². The molecule has 3 atom stereocenters. The zero-order valence-electron chi connectivity index (χ0n) is 18.7. The van der Waals surface area contributed by atoms with E-state index in [0.717, 1.165) is 30.6 Å². The lowest BCUT2D eigenvalue weighted by Gasteiger charge is -2.32. The number of carbonyl (C=O) groups is 1. The first-order valence-corrected chi connectivity index (χ1v) is 11.3. The van der Waals surface area contributed by atoms with Gasteiger partial charge in [-0.1, -0.05) is 12.1 Å². The number of aromatic nitrogens is 2. The Kier molecular flexibility index (Phi) is 7.34. The van der Waals surface area contributed by atoms with Crippen LogP contribution in [0.2, 0.25) is 0 Å². The predicted octanol–water partition coefficient (Wildman–Crippen LogP) is 2.44. The summed E-state index contributed by atoms with van der Waals surface area (Å²) in [6.07, 6.45) is 4.21. The molecule has 0 bridgehead atoms. The summed E-state index contributed by atoms with van der Waals surface area (Å²) in [5.41, 5.74) is 2.36. The maximum absolute atomic E-state index is 14.3. The summed E-state index contributed by atoms with van der Waals surface area (Å²) in [6, 6.07) is 3.54. The SMILES string of the molecule is C[C@@H](CO)Nc1ncc2c(n1)CN(C(=O)N[C@@H](c1ccc(CF)c(F)c1)[C@@H]1CCCN1)CC2. The summed E-state index contributed by atoms with van der Waals surface area (Å²) in [6.45, 7) is 2.58. The van der Waals surface area contributed by atoms with Crippen LogP contribution in [0, 0.1) is 5.82 Å². The number of amides is 2. The average Bonchev–Trinajstić information content (AvgIpc) is 3.36. The molecule has 1 aromatic heterocycles. The molecule has 4 rings (SSSR count). The molecule has 0 unspecified atom stereocenters. The van der Waals surface area contributed by atoms with Crippen LogP contribution in [-0.2, 0) is 19.6 Å². The third kappa shape index (κ3) is 5.39. The number of rotatable bonds is 7. The van der Waals surface area contributed by atoms with E-state index in [2.05, 4.69) is 25.9 Å². The van der Waals surface area contributed by atoms with Crippen molar-refractivity contribution in [3.8, 4) is 0 Å². The van der Waals surface area contributed by atoms with Gasteiger partial charge in [-0.3, -0.25) is 0 Å². The second-order valence-electron chi connectivity index (χ2n) is 8.68. The highest BCUT2D eigenvalue weighted by Gasteiger charge is 2.31. The summed E-state index contributed by atoms with van der Waals surface area (Å²) in [4.78, 5) is 23.7. The number of alkyl halides is 1. The van der Waals surface area contributed by atoms with Crippen LogP contribution in [0.3, 0.4) is 0 Å². The number of fused-ring (bicyclic) bond motifs is 1. The largest absolute Gasteiger partial charge is 0.394 e. The lowest BCUT2D eigenvalue weighted by molar-refractivity contribution is 0.184. The van der Waals surface area contributed by atoms with E-state index in [-0.39, 0.29) is 30.3 Å². The Balaban J connectivity index is 1.49. The Morgan fingerprint density at radius 3 is 2.97 bits per heavy atom. The number of anilines is 1. The predicted molar refractivity (Wildman–Crippen MR) is 120 cm³/mol. The van der Waals surface area contributed by atoms with Crippen molar-refractivity contribution in [2.24, 2.45) is 0 Å². The molecule has 1 aromatic carbocycles. The molecule has 178 valence electrons. The molecule has 1 fully saturated rings. The molecular formula is C23H30F2N6O2. The minimum Gasteiger partial charge on any atom is -0.394 e. The summed E-state index contributed by atoms with van der Waals surface area (Å²) in [7, 11) is 0. The molecule has 2 amide bonds. The number of hydrogen-bond donors (Lipinski definition) is 4. The third-order valence-corrected chi connectivity index (χ3v) is 6.24. The van der Waals surface area contributed by atoms with Crippen molar-refractivity contribution < 1.29 is 18.7 Å². The van der Waals surface area contributed by atoms with Crippen LogP contribution in [-0.4, -0.2) is 57.8 Å². The first-order valence-electron chi connectivity index (χ1n) is 11.3. The number of aliphatic hydroxyl groups is 1. The van der Waals surface area contributed by atoms with Crippen molar-refractivity contribution in [1.82, 2.24) is 25.5 Å². The molecule has 2 aromatic rings. The zero-order chi connectivity index (χ0) is 23.4. The van der Waals surface area contributed by atoms with Gasteiger partial charge >= 0.3 is 6.03 Å². The third-order valence-electron chi connectivity index (χ3n) is 6.24. The summed E-state index contributed by atoms with van der Waals surface area (Å²) >= 11 is 0. The van der Waals surface area contributed by atoms with Crippen LogP contribution >= 0.6 is 0 Å². The molecule has 2 aliphatic rings. The normalized spacial score (nSPS) is 19.6. The summed E-state index contributed by atoms with van der Waals surface area (Å²) < 4.78 is 27.2. The zero-order valence-corrected chi connectivity index (χ0v) is 18.7. The van der Waals surface area contributed by atoms with Crippen LogP contribution < -0.4 is 16.0 Å². The van der Waals surface area contributed by atoms with Gasteiger partial charge in [0.2, 0.25) is 5.95 Å². The van der Waals surface area contributed by atoms with Gasteiger partial charge in [-0.25, -0.2) is 23.5 Å². The second-order valence-corrected chi connectivity index (χ2v) is 8.68. The van der Waals surface area contributed by atoms with E-state index >= 15 is 0 Å². The summed E-state index contributed by atoms with van der Waals surface area (Å²) in [5, 5.41) is 18.7. The highest BCUT2D eigenvalue weighted by molar-refractivity contribution is 5.75. The molecule has 0 aliphatic carbocycles. The lowest BCUT2D eigenvalue weighted by Crippen LogP contribution is -2.48. The maximum Gasteiger partial charge on any atom is 0.318 e. The van der Waals surface area contributed by atoms with Crippen molar-refractivity contribution in [2.75, 3.05) is 25.0 Å². The molecule has 33 heavy (non-hydrogen) atoms. The van der Waals surface area contributed by atoms with E-state index in [1.165, 1.54) is 12.1 Å². The number of hydrogen-bond acceptors (Lipinski definition) is 6. The van der Waals surface area contributed by atoms with Gasteiger partial charge in [0, 0.05) is 30.4 Å². The number of halogens is 2. The van der Waals surface area contributed by atoms with Crippen molar-refractivity contribution in [1.29, 1.82) is 0 Å². The molecule has 0 radical (unpaired) electrons. The van der Waals surface area contributed by atoms with Crippen LogP contribution in [0.25, 0.3) is 0 Å². The highest BCUT2D eigenvalue weighted by atomic mass is 19.1. The van der Waals surface area contributed by atoms with Crippen LogP contribution in [0.4, 0.5) is 19.5 Å². The quantitative estimate of drug-likeness (QED) is 0.506. The molecule has 2 aliphatic heterocycles. The fourth-order valence-corrected chi connectivity index (χ4v) is 4.31. The number of carbonyl (C=O) groups excluding carboxylic acids is 1. The molecule has 3 heterocycles. The number of aliphatic hydroxyl groups excluding tert-OH is 1. The Morgan fingerprint density at radius 2 is 2.27 bits per heavy atom. The van der Waals surface area contributed by atoms with E-state index in [4.69, 9.17) is 0 Å². The van der Waals surface area contributed by atoms with Gasteiger partial charge < -0.3 is 26.0 Å². The van der Waals surface area contributed by atoms with E-state index in [9.17, 15) is 18.7 Å². The van der Waals surface area contributed by atoms with Gasteiger partial charge in [0.1, 0.15) is 12.5 Å². The summed E-state index contributed by atoms with van der Waals surface area (Å²) in [5.74, 6) is -0.193. The van der Waals surface area contributed by atoms with Crippen LogP contribution in [0.15, 0.2) is 24.4 Å². The van der Waals surface area contributed by atoms with E-state index < -0.39 is 18.5 Å². The smallest absolute Gasteiger partial charge is 0.318 e. The van der Waals surface area contributed by atoms with Crippen molar-refractivity contribution in [2.45, 2.75) is 57.5 Å². The topological polar surface area (TPSA) is 102 Å². The molecule has 8 nitrogen and oxygen atoms in total. The van der Waals surface area contributed by atoms with Crippen molar-refractivity contribution in [3.05, 3.63) is 52.6 Å². The molecule has 10 heteroatoms. The van der Waals surface area contributed by atoms with E-state index in [1.54, 1.807) is 17.2 Å². The highest BCUT2D eigenvalue weighted by Crippen LogP contribution is 2.26. The fraction of sp³-hybridized carbons (Fsp3) is 0.522. The van der Waals surface area contributed by atoms with Gasteiger partial charge in [0.05, 0.1) is 24.9 Å². The number of urea groups is 1. The van der Waals surface area contributed by atoms with Crippen LogP contribution in [0.1, 0.15) is 48.2 Å². The Bertz CT molecular complexity index is 985. The van der Waals surface area contributed by atoms with Crippen molar-refractivity contribution in [3.63, 3.8) is 0 Å². The Hall–Kier alpha value is -2.85. The second kappa shape index (κ2) is 10.4. The number of benzene rings is 1. The lowest BCUT2D eigenvalue weighted by atomic mass is 9.96. The monoisotopic (exact) mass is 460 g/mol. The first-order chi connectivity index (χ1) is 16.0. The number of nitrogens with zero attached hydrogens (tertiary/aromatic N) is 3. The van der Waals surface area contributed by atoms with Gasteiger partial charge in [-0.2, -0.15) is 0 Å². The maximum atomic E-state index is 14.3. The average molecular weight is 461 g/mol. The number of nitrogens with one attached hydrogen (secondary N) is 3. The minimum absolute atomic E-state index is 0.00968. The standard InChI is InChI=1S/C23H30F2N6O2/c1-14(13-32)28-22-27-11-17-6-8-31(12-20(17)29-22)23(33)30-21(19-3-2-7-26-19)15-4-5-16(10-24)18(25)9-15/h4-5,9,11,14,19,21,26,32H,2-3,6-8,10,12-13H2,1H3,(H,30,33)(H,27,28,29)/t14-,19-,21-/m0/s1. The van der Waals surface area contributed by atoms with Gasteiger partial charge in [0.25, 0.3) is 0 Å². The van der Waals surface area contributed by atoms with Gasteiger partial charge in [-0.05, 0) is 49.9 Å². The van der Waals surface area contributed by atoms with E-state index in [0.29, 0.717) is 31.0 Å². The van der Waals surface area contributed by atoms with Crippen LogP contribution in [0.5, 0.6) is 0 Å². The fourth-order valence-electron chi connectivity index (χ4n) is 4.31. The minimum atomic E-state index is -0.867. The van der Waals surface area contributed by atoms with Gasteiger partial charge in [0.15, 0.2) is 0 Å². The molecule has 0 spiro atoms. The Labute approximate surface area is 191 Å². The van der Waals surface area contributed by atoms with E-state index in [1.807, 2.05) is 6.92 Å². The first kappa shape index (κ1) is 23.3. The Morgan fingerprint density at radius 1 is 1.42 bits per heavy atom. The van der Waals surface area contributed by atoms with Gasteiger partial charge in [-0.15, -0.1) is 0 Å². The molecule has 4 N–H and O–H groups in total. The molecule has 1 saturated heterocycles.